The summed E-state index contributed by atoms with van der Waals surface area (Å²) in [5.41, 5.74) is 0.0405. The number of hydrogen-bond donors (Lipinski definition) is 1. The molecule has 1 atom stereocenters. The van der Waals surface area contributed by atoms with Crippen LogP contribution in [-0.4, -0.2) is 17.0 Å². The van der Waals surface area contributed by atoms with Crippen LogP contribution in [0.15, 0.2) is 42.5 Å². The van der Waals surface area contributed by atoms with E-state index in [-0.39, 0.29) is 0 Å². The summed E-state index contributed by atoms with van der Waals surface area (Å²) in [6.45, 7) is 3.71. The van der Waals surface area contributed by atoms with Crippen molar-refractivity contribution in [2.45, 2.75) is 32.3 Å². The van der Waals surface area contributed by atoms with E-state index < -0.39 is 24.0 Å². The van der Waals surface area contributed by atoms with E-state index in [2.05, 4.69) is 0 Å². The molecule has 2 aromatic rings. The fourth-order valence-corrected chi connectivity index (χ4v) is 2.26. The zero-order valence-corrected chi connectivity index (χ0v) is 12.1. The van der Waals surface area contributed by atoms with Gasteiger partial charge in [-0.15, -0.1) is 0 Å². The molecule has 110 valence electrons. The Bertz CT molecular complexity index is 677. The molecular formula is C17H18O4. The highest BCUT2D eigenvalue weighted by Gasteiger charge is 2.30. The molecule has 0 aromatic heterocycles. The lowest BCUT2D eigenvalue weighted by Crippen LogP contribution is -2.29. The Morgan fingerprint density at radius 2 is 1.81 bits per heavy atom. The van der Waals surface area contributed by atoms with Crippen LogP contribution in [-0.2, 0) is 19.9 Å². The first-order chi connectivity index (χ1) is 9.94. The minimum atomic E-state index is -1.18. The zero-order valence-electron chi connectivity index (χ0n) is 12.1. The molecule has 0 spiro atoms. The average molecular weight is 286 g/mol. The first-order valence-corrected chi connectivity index (χ1v) is 6.87. The van der Waals surface area contributed by atoms with Gasteiger partial charge in [0.2, 0.25) is 0 Å². The first-order valence-electron chi connectivity index (χ1n) is 6.87. The summed E-state index contributed by atoms with van der Waals surface area (Å²) in [5.74, 6) is -1.91. The van der Waals surface area contributed by atoms with Crippen molar-refractivity contribution in [1.29, 1.82) is 0 Å². The Balaban J connectivity index is 2.32. The fraction of sp³-hybridized carbons (Fsp3) is 0.294. The number of fused-ring (bicyclic) bond motifs is 1. The largest absolute Gasteiger partial charge is 0.481 e. The van der Waals surface area contributed by atoms with Crippen molar-refractivity contribution in [3.63, 3.8) is 0 Å². The van der Waals surface area contributed by atoms with E-state index >= 15 is 0 Å². The van der Waals surface area contributed by atoms with Crippen molar-refractivity contribution in [3.05, 3.63) is 48.0 Å². The molecule has 0 aliphatic rings. The molecule has 1 unspecified atom stereocenters. The van der Waals surface area contributed by atoms with Crippen LogP contribution >= 0.6 is 0 Å². The van der Waals surface area contributed by atoms with Crippen molar-refractivity contribution in [2.24, 2.45) is 0 Å². The number of carbonyl (C=O) groups is 2. The zero-order chi connectivity index (χ0) is 15.5. The van der Waals surface area contributed by atoms with Crippen LogP contribution in [0.3, 0.4) is 0 Å². The quantitative estimate of drug-likeness (QED) is 0.675. The van der Waals surface area contributed by atoms with Gasteiger partial charge in [-0.1, -0.05) is 43.3 Å². The number of ether oxygens (including phenoxy) is 1. The Hall–Kier alpha value is -2.36. The van der Waals surface area contributed by atoms with E-state index in [9.17, 15) is 9.59 Å². The molecule has 4 heteroatoms. The molecule has 0 aliphatic carbocycles. The summed E-state index contributed by atoms with van der Waals surface area (Å²) in [5, 5.41) is 10.8. The van der Waals surface area contributed by atoms with Crippen LogP contribution in [0.4, 0.5) is 0 Å². The van der Waals surface area contributed by atoms with Gasteiger partial charge in [-0.3, -0.25) is 9.59 Å². The number of aliphatic carboxylic acids is 1. The van der Waals surface area contributed by atoms with E-state index in [0.717, 1.165) is 16.3 Å². The van der Waals surface area contributed by atoms with Crippen molar-refractivity contribution >= 4 is 22.7 Å². The van der Waals surface area contributed by atoms with Gasteiger partial charge in [0.1, 0.15) is 12.0 Å². The smallest absolute Gasteiger partial charge is 0.318 e. The number of carboxylic acid groups (broad SMARTS) is 1. The van der Waals surface area contributed by atoms with Crippen LogP contribution in [0.25, 0.3) is 10.8 Å². The number of rotatable bonds is 5. The molecule has 0 bridgehead atoms. The van der Waals surface area contributed by atoms with Gasteiger partial charge >= 0.3 is 11.9 Å². The van der Waals surface area contributed by atoms with E-state index in [0.29, 0.717) is 6.42 Å². The fourth-order valence-electron chi connectivity index (χ4n) is 2.26. The second kappa shape index (κ2) is 5.95. The molecule has 0 fully saturated rings. The monoisotopic (exact) mass is 286 g/mol. The Morgan fingerprint density at radius 1 is 1.14 bits per heavy atom. The maximum atomic E-state index is 11.7. The maximum Gasteiger partial charge on any atom is 0.318 e. The van der Waals surface area contributed by atoms with Crippen molar-refractivity contribution in [2.75, 3.05) is 0 Å². The van der Waals surface area contributed by atoms with Gasteiger partial charge < -0.3 is 9.84 Å². The summed E-state index contributed by atoms with van der Waals surface area (Å²) in [7, 11) is 0. The minimum Gasteiger partial charge on any atom is -0.481 e. The lowest BCUT2D eigenvalue weighted by atomic mass is 9.91. The molecule has 0 heterocycles. The SMILES string of the molecule is CCC(C)(OC(=O)CC(=O)O)c1ccc2ccccc2c1. The molecule has 0 radical (unpaired) electrons. The lowest BCUT2D eigenvalue weighted by molar-refractivity contribution is -0.163. The third-order valence-electron chi connectivity index (χ3n) is 3.67. The van der Waals surface area contributed by atoms with Crippen LogP contribution in [0.5, 0.6) is 0 Å². The van der Waals surface area contributed by atoms with Crippen LogP contribution in [0, 0.1) is 0 Å². The molecule has 0 aliphatic heterocycles. The normalized spacial score (nSPS) is 13.6. The highest BCUT2D eigenvalue weighted by atomic mass is 16.6. The average Bonchev–Trinajstić information content (AvgIpc) is 2.45. The summed E-state index contributed by atoms with van der Waals surface area (Å²) in [6.07, 6.45) is -0.0557. The Kier molecular flexibility index (Phi) is 4.26. The third kappa shape index (κ3) is 3.40. The van der Waals surface area contributed by atoms with Gasteiger partial charge in [0.15, 0.2) is 0 Å². The molecule has 2 aromatic carbocycles. The predicted molar refractivity (Wildman–Crippen MR) is 79.9 cm³/mol. The van der Waals surface area contributed by atoms with Crippen molar-refractivity contribution in [1.82, 2.24) is 0 Å². The number of carboxylic acids is 1. The minimum absolute atomic E-state index is 0.566. The molecule has 21 heavy (non-hydrogen) atoms. The molecular weight excluding hydrogens is 268 g/mol. The Morgan fingerprint density at radius 3 is 2.43 bits per heavy atom. The first kappa shape index (κ1) is 15.0. The van der Waals surface area contributed by atoms with Crippen LogP contribution < -0.4 is 0 Å². The summed E-state index contributed by atoms with van der Waals surface area (Å²) in [6, 6.07) is 13.8. The third-order valence-corrected chi connectivity index (χ3v) is 3.67. The molecule has 0 saturated carbocycles. The van der Waals surface area contributed by atoms with Gasteiger partial charge in [-0.2, -0.15) is 0 Å². The van der Waals surface area contributed by atoms with Crippen LogP contribution in [0.1, 0.15) is 32.3 Å². The Labute approximate surface area is 123 Å². The summed E-state index contributed by atoms with van der Waals surface area (Å²) >= 11 is 0. The standard InChI is InChI=1S/C17H18O4/c1-3-17(2,21-16(20)11-15(18)19)14-9-8-12-6-4-5-7-13(12)10-14/h4-10H,3,11H2,1-2H3,(H,18,19). The molecule has 1 N–H and O–H groups in total. The highest BCUT2D eigenvalue weighted by Crippen LogP contribution is 2.31. The summed E-state index contributed by atoms with van der Waals surface area (Å²) < 4.78 is 5.41. The van der Waals surface area contributed by atoms with Gasteiger partial charge in [-0.05, 0) is 35.7 Å². The maximum absolute atomic E-state index is 11.7. The van der Waals surface area contributed by atoms with E-state index in [4.69, 9.17) is 9.84 Å². The molecule has 0 saturated heterocycles. The second-order valence-electron chi connectivity index (χ2n) is 5.19. The molecule has 0 amide bonds. The number of hydrogen-bond acceptors (Lipinski definition) is 3. The highest BCUT2D eigenvalue weighted by molar-refractivity contribution is 5.90. The number of benzene rings is 2. The van der Waals surface area contributed by atoms with E-state index in [1.54, 1.807) is 6.92 Å². The van der Waals surface area contributed by atoms with Gasteiger partial charge in [0.05, 0.1) is 0 Å². The van der Waals surface area contributed by atoms with E-state index in [1.165, 1.54) is 0 Å². The van der Waals surface area contributed by atoms with Gasteiger partial charge in [0, 0.05) is 0 Å². The molecule has 2 rings (SSSR count). The van der Waals surface area contributed by atoms with E-state index in [1.807, 2.05) is 49.4 Å². The molecule has 4 nitrogen and oxygen atoms in total. The number of esters is 1. The van der Waals surface area contributed by atoms with Crippen molar-refractivity contribution in [3.8, 4) is 0 Å². The van der Waals surface area contributed by atoms with Gasteiger partial charge in [-0.25, -0.2) is 0 Å². The summed E-state index contributed by atoms with van der Waals surface area (Å²) in [4.78, 5) is 22.3. The predicted octanol–water partition coefficient (Wildman–Crippen LogP) is 3.48. The second-order valence-corrected chi connectivity index (χ2v) is 5.19. The van der Waals surface area contributed by atoms with Crippen LogP contribution in [0.2, 0.25) is 0 Å². The van der Waals surface area contributed by atoms with Gasteiger partial charge in [0.25, 0.3) is 0 Å². The lowest BCUT2D eigenvalue weighted by Gasteiger charge is -2.29. The van der Waals surface area contributed by atoms with Crippen molar-refractivity contribution < 1.29 is 19.4 Å². The topological polar surface area (TPSA) is 63.6 Å². The number of carbonyl (C=O) groups excluding carboxylic acids is 1.